The van der Waals surface area contributed by atoms with Crippen LogP contribution in [0.1, 0.15) is 81.8 Å². The largest absolute Gasteiger partial charge is 0.399 e. The van der Waals surface area contributed by atoms with E-state index in [1.54, 1.807) is 0 Å². The van der Waals surface area contributed by atoms with Gasteiger partial charge in [0, 0.05) is 17.3 Å². The fourth-order valence-electron chi connectivity index (χ4n) is 3.46. The molecule has 0 radical (unpaired) electrons. The van der Waals surface area contributed by atoms with Crippen molar-refractivity contribution in [2.75, 3.05) is 11.5 Å². The van der Waals surface area contributed by atoms with Crippen LogP contribution in [0, 0.1) is 0 Å². The molecular weight excluding hydrogens is 304 g/mol. The Balaban J connectivity index is 1.89. The molecule has 0 aromatic heterocycles. The quantitative estimate of drug-likeness (QED) is 0.362. The van der Waals surface area contributed by atoms with E-state index in [-0.39, 0.29) is 0 Å². The highest BCUT2D eigenvalue weighted by Crippen LogP contribution is 2.31. The monoisotopic (exact) mass is 338 g/mol. The van der Waals surface area contributed by atoms with Crippen molar-refractivity contribution < 1.29 is 0 Å². The first-order chi connectivity index (χ1) is 12.2. The van der Waals surface area contributed by atoms with Crippen LogP contribution in [0.5, 0.6) is 0 Å². The molecular formula is C23H34N2. The van der Waals surface area contributed by atoms with Crippen LogP contribution in [0.15, 0.2) is 48.5 Å². The molecule has 0 aliphatic rings. The zero-order valence-corrected chi connectivity index (χ0v) is 15.7. The first kappa shape index (κ1) is 19.4. The van der Waals surface area contributed by atoms with Crippen molar-refractivity contribution in [3.8, 4) is 0 Å². The van der Waals surface area contributed by atoms with Gasteiger partial charge in [0.05, 0.1) is 0 Å². The number of hydrogen-bond acceptors (Lipinski definition) is 2. The summed E-state index contributed by atoms with van der Waals surface area (Å²) in [5.41, 5.74) is 16.1. The molecule has 0 unspecified atom stereocenters. The second-order valence-electron chi connectivity index (χ2n) is 7.15. The van der Waals surface area contributed by atoms with Crippen LogP contribution in [0.4, 0.5) is 11.4 Å². The summed E-state index contributed by atoms with van der Waals surface area (Å²) in [6.07, 6.45) is 12.0. The van der Waals surface area contributed by atoms with Gasteiger partial charge in [-0.15, -0.1) is 0 Å². The fourth-order valence-corrected chi connectivity index (χ4v) is 3.46. The molecule has 0 aliphatic carbocycles. The molecule has 2 nitrogen and oxygen atoms in total. The molecule has 0 aliphatic heterocycles. The molecule has 136 valence electrons. The lowest BCUT2D eigenvalue weighted by Gasteiger charge is -2.18. The third-order valence-corrected chi connectivity index (χ3v) is 5.02. The number of nitrogen functional groups attached to an aromatic ring is 2. The Hall–Kier alpha value is -1.96. The minimum absolute atomic E-state index is 0.432. The summed E-state index contributed by atoms with van der Waals surface area (Å²) < 4.78 is 0. The Bertz CT molecular complexity index is 541. The molecule has 0 spiro atoms. The zero-order chi connectivity index (χ0) is 17.9. The predicted octanol–water partition coefficient (Wildman–Crippen LogP) is 6.51. The summed E-state index contributed by atoms with van der Waals surface area (Å²) in [6, 6.07) is 16.7. The highest BCUT2D eigenvalue weighted by Gasteiger charge is 2.14. The molecule has 0 atom stereocenters. The maximum atomic E-state index is 5.86. The van der Waals surface area contributed by atoms with Crippen LogP contribution in [-0.2, 0) is 0 Å². The van der Waals surface area contributed by atoms with E-state index in [9.17, 15) is 0 Å². The van der Waals surface area contributed by atoms with Gasteiger partial charge in [-0.1, -0.05) is 82.6 Å². The summed E-state index contributed by atoms with van der Waals surface area (Å²) >= 11 is 0. The Labute approximate surface area is 153 Å². The smallest absolute Gasteiger partial charge is 0.0314 e. The van der Waals surface area contributed by atoms with E-state index < -0.39 is 0 Å². The average Bonchev–Trinajstić information content (AvgIpc) is 2.63. The molecule has 2 aromatic rings. The SMILES string of the molecule is CCCCCCCCCCC(c1ccc(N)cc1)c1ccc(N)cc1. The Morgan fingerprint density at radius 2 is 1.00 bits per heavy atom. The normalized spacial score (nSPS) is 11.1. The van der Waals surface area contributed by atoms with Crippen molar-refractivity contribution in [1.29, 1.82) is 0 Å². The molecule has 2 heteroatoms. The molecule has 25 heavy (non-hydrogen) atoms. The Kier molecular flexibility index (Phi) is 8.38. The fraction of sp³-hybridized carbons (Fsp3) is 0.478. The van der Waals surface area contributed by atoms with Gasteiger partial charge in [0.2, 0.25) is 0 Å². The van der Waals surface area contributed by atoms with Crippen LogP contribution in [0.2, 0.25) is 0 Å². The van der Waals surface area contributed by atoms with Gasteiger partial charge in [-0.05, 0) is 41.8 Å². The lowest BCUT2D eigenvalue weighted by atomic mass is 9.86. The third kappa shape index (κ3) is 6.81. The van der Waals surface area contributed by atoms with Crippen LogP contribution < -0.4 is 11.5 Å². The molecule has 2 rings (SSSR count). The maximum absolute atomic E-state index is 5.86. The van der Waals surface area contributed by atoms with Crippen LogP contribution >= 0.6 is 0 Å². The van der Waals surface area contributed by atoms with Crippen LogP contribution in [0.25, 0.3) is 0 Å². The van der Waals surface area contributed by atoms with E-state index in [1.807, 2.05) is 24.3 Å². The first-order valence-electron chi connectivity index (χ1n) is 9.91. The minimum Gasteiger partial charge on any atom is -0.399 e. The van der Waals surface area contributed by atoms with E-state index >= 15 is 0 Å². The number of anilines is 2. The van der Waals surface area contributed by atoms with Crippen molar-refractivity contribution in [3.05, 3.63) is 59.7 Å². The van der Waals surface area contributed by atoms with Gasteiger partial charge in [-0.25, -0.2) is 0 Å². The van der Waals surface area contributed by atoms with Crippen molar-refractivity contribution in [2.45, 2.75) is 70.6 Å². The first-order valence-corrected chi connectivity index (χ1v) is 9.91. The van der Waals surface area contributed by atoms with E-state index in [1.165, 1.54) is 68.9 Å². The van der Waals surface area contributed by atoms with E-state index in [2.05, 4.69) is 31.2 Å². The van der Waals surface area contributed by atoms with Gasteiger partial charge in [0.15, 0.2) is 0 Å². The highest BCUT2D eigenvalue weighted by molar-refractivity contribution is 5.45. The highest BCUT2D eigenvalue weighted by atomic mass is 14.5. The predicted molar refractivity (Wildman–Crippen MR) is 111 cm³/mol. The van der Waals surface area contributed by atoms with Crippen LogP contribution in [-0.4, -0.2) is 0 Å². The summed E-state index contributed by atoms with van der Waals surface area (Å²) in [4.78, 5) is 0. The maximum Gasteiger partial charge on any atom is 0.0314 e. The number of nitrogens with two attached hydrogens (primary N) is 2. The van der Waals surface area contributed by atoms with Crippen molar-refractivity contribution >= 4 is 11.4 Å². The average molecular weight is 339 g/mol. The lowest BCUT2D eigenvalue weighted by Crippen LogP contribution is -2.02. The topological polar surface area (TPSA) is 52.0 Å². The van der Waals surface area contributed by atoms with Gasteiger partial charge in [-0.2, -0.15) is 0 Å². The van der Waals surface area contributed by atoms with Crippen molar-refractivity contribution in [1.82, 2.24) is 0 Å². The van der Waals surface area contributed by atoms with Crippen LogP contribution in [0.3, 0.4) is 0 Å². The van der Waals surface area contributed by atoms with Gasteiger partial charge < -0.3 is 11.5 Å². The third-order valence-electron chi connectivity index (χ3n) is 5.02. The standard InChI is InChI=1S/C23H34N2/c1-2-3-4-5-6-7-8-9-10-23(19-11-15-21(24)16-12-19)20-13-17-22(25)18-14-20/h11-18,23H,2-10,24-25H2,1H3. The van der Waals surface area contributed by atoms with E-state index in [0.717, 1.165) is 11.4 Å². The summed E-state index contributed by atoms with van der Waals surface area (Å²) in [5, 5.41) is 0. The molecule has 0 heterocycles. The molecule has 0 bridgehead atoms. The zero-order valence-electron chi connectivity index (χ0n) is 15.7. The summed E-state index contributed by atoms with van der Waals surface area (Å²) in [5.74, 6) is 0.432. The molecule has 4 N–H and O–H groups in total. The van der Waals surface area contributed by atoms with Gasteiger partial charge in [0.25, 0.3) is 0 Å². The molecule has 0 saturated heterocycles. The van der Waals surface area contributed by atoms with Gasteiger partial charge in [0.1, 0.15) is 0 Å². The lowest BCUT2D eigenvalue weighted by molar-refractivity contribution is 0.551. The van der Waals surface area contributed by atoms with Crippen molar-refractivity contribution in [2.24, 2.45) is 0 Å². The van der Waals surface area contributed by atoms with Gasteiger partial charge in [-0.3, -0.25) is 0 Å². The number of hydrogen-bond donors (Lipinski definition) is 2. The molecule has 0 saturated carbocycles. The molecule has 2 aromatic carbocycles. The van der Waals surface area contributed by atoms with E-state index in [4.69, 9.17) is 11.5 Å². The van der Waals surface area contributed by atoms with Gasteiger partial charge >= 0.3 is 0 Å². The Morgan fingerprint density at radius 3 is 1.44 bits per heavy atom. The van der Waals surface area contributed by atoms with Crippen molar-refractivity contribution in [3.63, 3.8) is 0 Å². The number of benzene rings is 2. The number of unbranched alkanes of at least 4 members (excludes halogenated alkanes) is 7. The summed E-state index contributed by atoms with van der Waals surface area (Å²) in [6.45, 7) is 2.27. The number of rotatable bonds is 11. The van der Waals surface area contributed by atoms with E-state index in [0.29, 0.717) is 5.92 Å². The minimum atomic E-state index is 0.432. The second-order valence-corrected chi connectivity index (χ2v) is 7.15. The molecule has 0 fully saturated rings. The Morgan fingerprint density at radius 1 is 0.600 bits per heavy atom. The second kappa shape index (κ2) is 10.8. The molecule has 0 amide bonds. The summed E-state index contributed by atoms with van der Waals surface area (Å²) in [7, 11) is 0.